The summed E-state index contributed by atoms with van der Waals surface area (Å²) < 4.78 is 20.1. The molecule has 5 rings (SSSR count). The summed E-state index contributed by atoms with van der Waals surface area (Å²) in [7, 11) is 3.80. The van der Waals surface area contributed by atoms with Crippen molar-refractivity contribution in [3.8, 4) is 0 Å². The number of fused-ring (bicyclic) bond motifs is 6. The number of oxime groups is 1. The summed E-state index contributed by atoms with van der Waals surface area (Å²) in [6.07, 6.45) is -1.33. The van der Waals surface area contributed by atoms with Crippen molar-refractivity contribution in [2.75, 3.05) is 19.8 Å². The molecule has 56 heavy (non-hydrogen) atoms. The minimum atomic E-state index is -1.60. The highest BCUT2D eigenvalue weighted by molar-refractivity contribution is 7.22. The Morgan fingerprint density at radius 3 is 2.46 bits per heavy atom. The van der Waals surface area contributed by atoms with Crippen LogP contribution in [0.1, 0.15) is 106 Å². The standard InChI is InChI=1S/C42H64N4O9S/c1-11-33-42(8,51)29-14-13-28(45-52-21-27-12-15-30-32(19-27)56-40(43)44-30)16-17-41(7,20-22(2)34(47)24(29)4)37(25(5)35(48)26(6)38(50)54-33)55-39-36(49)31(46(9)10)18-23(3)53-39/h12,15,19,22-26,29,31,33,36-37,39,49,51H,11,13-14,16-18,20-21H2,1-10H3,(H2,43,44)/b45-28+/t22-,23-,24-,25+,26-,29-,31+,33-,36-,37-,39+,41-,42+/m1/s1. The lowest BCUT2D eigenvalue weighted by Gasteiger charge is -2.48. The topological polar surface area (TPSA) is 183 Å². The molecule has 4 N–H and O–H groups in total. The van der Waals surface area contributed by atoms with E-state index in [1.54, 1.807) is 13.8 Å². The Hall–Kier alpha value is -3.01. The molecule has 3 fully saturated rings. The highest BCUT2D eigenvalue weighted by Crippen LogP contribution is 2.46. The number of rotatable bonds is 7. The normalized spacial score (nSPS) is 38.9. The maximum Gasteiger partial charge on any atom is 0.316 e. The quantitative estimate of drug-likeness (QED) is 0.171. The predicted octanol–water partition coefficient (Wildman–Crippen LogP) is 5.92. The van der Waals surface area contributed by atoms with Crippen LogP contribution in [-0.2, 0) is 40.0 Å². The Morgan fingerprint density at radius 2 is 1.79 bits per heavy atom. The van der Waals surface area contributed by atoms with Crippen LogP contribution in [0.4, 0.5) is 5.13 Å². The van der Waals surface area contributed by atoms with E-state index in [0.29, 0.717) is 43.7 Å². The van der Waals surface area contributed by atoms with E-state index in [9.17, 15) is 24.6 Å². The number of esters is 1. The van der Waals surface area contributed by atoms with E-state index in [-0.39, 0.29) is 31.0 Å². The van der Waals surface area contributed by atoms with Gasteiger partial charge in [0.2, 0.25) is 0 Å². The molecule has 13 atom stereocenters. The summed E-state index contributed by atoms with van der Waals surface area (Å²) >= 11 is 1.40. The van der Waals surface area contributed by atoms with Gasteiger partial charge in [-0.15, -0.1) is 0 Å². The molecular formula is C42H64N4O9S. The molecule has 14 heteroatoms. The van der Waals surface area contributed by atoms with Gasteiger partial charge in [0.15, 0.2) is 17.2 Å². The Labute approximate surface area is 335 Å². The fourth-order valence-electron chi connectivity index (χ4n) is 9.54. The van der Waals surface area contributed by atoms with Crippen LogP contribution in [0.5, 0.6) is 0 Å². The number of benzene rings is 1. The van der Waals surface area contributed by atoms with Crippen molar-refractivity contribution >= 4 is 49.9 Å². The van der Waals surface area contributed by atoms with Gasteiger partial charge in [-0.25, -0.2) is 4.98 Å². The first-order valence-electron chi connectivity index (χ1n) is 20.3. The van der Waals surface area contributed by atoms with Crippen LogP contribution in [0, 0.1) is 35.0 Å². The molecule has 1 aromatic heterocycles. The second-order valence-electron chi connectivity index (χ2n) is 17.5. The largest absolute Gasteiger partial charge is 0.459 e. The van der Waals surface area contributed by atoms with Crippen LogP contribution < -0.4 is 5.73 Å². The van der Waals surface area contributed by atoms with Gasteiger partial charge in [0.1, 0.15) is 36.1 Å². The second kappa shape index (κ2) is 17.9. The number of carbonyl (C=O) groups excluding carboxylic acids is 3. The molecule has 0 amide bonds. The number of Topliss-reactive ketones (excluding diaryl/α,β-unsaturated/α-hetero) is 2. The summed E-state index contributed by atoms with van der Waals surface area (Å²) in [5.41, 5.74) is 5.91. The molecule has 2 aromatic rings. The average molecular weight is 801 g/mol. The highest BCUT2D eigenvalue weighted by Gasteiger charge is 2.52. The van der Waals surface area contributed by atoms with Gasteiger partial charge in [-0.05, 0) is 103 Å². The Morgan fingerprint density at radius 1 is 1.07 bits per heavy atom. The van der Waals surface area contributed by atoms with E-state index in [1.165, 1.54) is 18.3 Å². The number of hydrogen-bond donors (Lipinski definition) is 3. The molecule has 2 saturated heterocycles. The first-order valence-corrected chi connectivity index (χ1v) is 21.1. The van der Waals surface area contributed by atoms with E-state index < -0.39 is 77.0 Å². The van der Waals surface area contributed by atoms with Gasteiger partial charge in [-0.2, -0.15) is 0 Å². The Balaban J connectivity index is 1.60. The Kier molecular flexibility index (Phi) is 14.1. The first kappa shape index (κ1) is 44.1. The lowest BCUT2D eigenvalue weighted by Crippen LogP contribution is -2.57. The number of anilines is 1. The molecule has 2 aliphatic heterocycles. The number of cyclic esters (lactones) is 1. The van der Waals surface area contributed by atoms with Crippen LogP contribution in [0.25, 0.3) is 10.2 Å². The zero-order valence-corrected chi connectivity index (χ0v) is 35.6. The molecule has 0 spiro atoms. The number of ether oxygens (including phenoxy) is 3. The number of nitrogen functional groups attached to an aromatic ring is 1. The molecule has 3 aliphatic rings. The first-order chi connectivity index (χ1) is 26.3. The third kappa shape index (κ3) is 9.47. The maximum atomic E-state index is 14.5. The number of hydrogen-bond acceptors (Lipinski definition) is 14. The molecular weight excluding hydrogens is 737 g/mol. The number of nitrogens with two attached hydrogens (primary N) is 1. The highest BCUT2D eigenvalue weighted by atomic mass is 32.1. The van der Waals surface area contributed by atoms with E-state index in [1.807, 2.05) is 71.8 Å². The van der Waals surface area contributed by atoms with Gasteiger partial charge in [-0.1, -0.05) is 57.2 Å². The van der Waals surface area contributed by atoms with Gasteiger partial charge in [0, 0.05) is 29.7 Å². The maximum absolute atomic E-state index is 14.5. The summed E-state index contributed by atoms with van der Waals surface area (Å²) in [5.74, 6) is -4.91. The van der Waals surface area contributed by atoms with Crippen molar-refractivity contribution < 1.29 is 43.6 Å². The van der Waals surface area contributed by atoms with Crippen LogP contribution >= 0.6 is 11.3 Å². The number of aliphatic hydroxyl groups is 2. The molecule has 312 valence electrons. The van der Waals surface area contributed by atoms with Gasteiger partial charge >= 0.3 is 5.97 Å². The third-order valence-electron chi connectivity index (χ3n) is 12.9. The molecule has 1 aliphatic carbocycles. The van der Waals surface area contributed by atoms with Gasteiger partial charge < -0.3 is 39.9 Å². The van der Waals surface area contributed by atoms with Gasteiger partial charge in [0.05, 0.1) is 28.1 Å². The van der Waals surface area contributed by atoms with Gasteiger partial charge in [-0.3, -0.25) is 14.4 Å². The number of aliphatic hydroxyl groups excluding tert-OH is 1. The third-order valence-corrected chi connectivity index (χ3v) is 13.7. The number of nitrogens with zero attached hydrogens (tertiary/aromatic N) is 3. The van der Waals surface area contributed by atoms with E-state index in [0.717, 1.165) is 21.5 Å². The summed E-state index contributed by atoms with van der Waals surface area (Å²) in [6, 6.07) is 5.56. The van der Waals surface area contributed by atoms with Crippen molar-refractivity contribution in [2.45, 2.75) is 149 Å². The van der Waals surface area contributed by atoms with Crippen molar-refractivity contribution in [1.82, 2.24) is 9.88 Å². The van der Waals surface area contributed by atoms with Crippen LogP contribution in [0.2, 0.25) is 0 Å². The summed E-state index contributed by atoms with van der Waals surface area (Å²) in [6.45, 7) is 14.6. The monoisotopic (exact) mass is 800 g/mol. The van der Waals surface area contributed by atoms with Crippen molar-refractivity contribution in [3.05, 3.63) is 23.8 Å². The molecule has 13 nitrogen and oxygen atoms in total. The van der Waals surface area contributed by atoms with Crippen molar-refractivity contribution in [3.63, 3.8) is 0 Å². The molecule has 1 saturated carbocycles. The zero-order valence-electron chi connectivity index (χ0n) is 34.8. The van der Waals surface area contributed by atoms with E-state index in [4.69, 9.17) is 29.9 Å². The lowest BCUT2D eigenvalue weighted by molar-refractivity contribution is -0.286. The van der Waals surface area contributed by atoms with Crippen LogP contribution in [0.3, 0.4) is 0 Å². The van der Waals surface area contributed by atoms with Crippen LogP contribution in [-0.4, -0.2) is 99.8 Å². The number of aromatic nitrogens is 1. The molecule has 1 aromatic carbocycles. The van der Waals surface area contributed by atoms with E-state index in [2.05, 4.69) is 4.98 Å². The predicted molar refractivity (Wildman–Crippen MR) is 216 cm³/mol. The summed E-state index contributed by atoms with van der Waals surface area (Å²) in [4.78, 5) is 55.1. The smallest absolute Gasteiger partial charge is 0.316 e. The average Bonchev–Trinajstić information content (AvgIpc) is 3.52. The minimum Gasteiger partial charge on any atom is -0.459 e. The molecule has 3 heterocycles. The number of thiazole rings is 1. The zero-order chi connectivity index (χ0) is 41.3. The SMILES string of the molecule is CC[C@H]1OC(=O)[C@H](C)C(=O)[C@H](C)[C@@H](O[C@@H]2O[C@H](C)C[C@H](N(C)C)[C@H]2O)[C@]2(C)CC/C(=N/OCc3ccc4nc(N)sc4c3)CC[C@H]([C@@H](C)C(=O)[C@H](C)C2)[C@]1(C)O. The number of likely N-dealkylation sites (N-methyl/N-ethyl adjacent to an activating group) is 1. The fourth-order valence-corrected chi connectivity index (χ4v) is 10.3. The van der Waals surface area contributed by atoms with Gasteiger partial charge in [0.25, 0.3) is 0 Å². The summed E-state index contributed by atoms with van der Waals surface area (Å²) in [5, 5.41) is 29.1. The number of carbonyl (C=O) groups is 3. The molecule has 0 unspecified atom stereocenters. The Bertz CT molecular complexity index is 1750. The lowest BCUT2D eigenvalue weighted by atomic mass is 9.66. The number of ketones is 2. The molecule has 0 radical (unpaired) electrons. The minimum absolute atomic E-state index is 0.0307. The van der Waals surface area contributed by atoms with E-state index >= 15 is 0 Å². The van der Waals surface area contributed by atoms with Crippen molar-refractivity contribution in [1.29, 1.82) is 0 Å². The fraction of sp³-hybridized carbons (Fsp3) is 0.738. The van der Waals surface area contributed by atoms with Crippen molar-refractivity contribution in [2.24, 2.45) is 40.2 Å². The second-order valence-corrected chi connectivity index (χ2v) is 18.5. The molecule has 2 bridgehead atoms. The van der Waals surface area contributed by atoms with Crippen LogP contribution in [0.15, 0.2) is 23.4 Å².